The molecule has 0 aliphatic carbocycles. The van der Waals surface area contributed by atoms with Gasteiger partial charge in [-0.2, -0.15) is 0 Å². The van der Waals surface area contributed by atoms with E-state index in [1.807, 2.05) is 18.2 Å². The van der Waals surface area contributed by atoms with E-state index in [-0.39, 0.29) is 18.1 Å². The van der Waals surface area contributed by atoms with E-state index in [4.69, 9.17) is 5.73 Å². The zero-order valence-corrected chi connectivity index (χ0v) is 10.6. The van der Waals surface area contributed by atoms with Crippen LogP contribution in [0.3, 0.4) is 0 Å². The van der Waals surface area contributed by atoms with E-state index in [1.54, 1.807) is 12.1 Å². The van der Waals surface area contributed by atoms with Crippen LogP contribution in [-0.2, 0) is 4.79 Å². The molecule has 2 rings (SSSR count). The molecule has 0 radical (unpaired) electrons. The zero-order chi connectivity index (χ0) is 14.5. The summed E-state index contributed by atoms with van der Waals surface area (Å²) in [4.78, 5) is 12.1. The number of hydrogen-bond donors (Lipinski definition) is 2. The van der Waals surface area contributed by atoms with Crippen LogP contribution in [-0.4, -0.2) is 12.5 Å². The summed E-state index contributed by atoms with van der Waals surface area (Å²) in [6.07, 6.45) is 0. The smallest absolute Gasteiger partial charge is 0.233 e. The van der Waals surface area contributed by atoms with Crippen molar-refractivity contribution in [1.29, 1.82) is 0 Å². The molecule has 0 bridgehead atoms. The van der Waals surface area contributed by atoms with Gasteiger partial charge in [0.1, 0.15) is 0 Å². The molecule has 3 nitrogen and oxygen atoms in total. The predicted octanol–water partition coefficient (Wildman–Crippen LogP) is 2.65. The van der Waals surface area contributed by atoms with Gasteiger partial charge in [-0.05, 0) is 17.7 Å². The van der Waals surface area contributed by atoms with Crippen LogP contribution in [0.15, 0.2) is 48.5 Å². The molecule has 1 unspecified atom stereocenters. The lowest BCUT2D eigenvalue weighted by Crippen LogP contribution is -2.27. The van der Waals surface area contributed by atoms with Gasteiger partial charge < -0.3 is 11.1 Å². The zero-order valence-electron chi connectivity index (χ0n) is 10.6. The Kier molecular flexibility index (Phi) is 4.42. The second kappa shape index (κ2) is 6.25. The second-order valence-electron chi connectivity index (χ2n) is 4.32. The highest BCUT2D eigenvalue weighted by atomic mass is 19.2. The van der Waals surface area contributed by atoms with Crippen molar-refractivity contribution in [1.82, 2.24) is 0 Å². The Hall–Kier alpha value is -2.27. The normalized spacial score (nSPS) is 11.9. The molecule has 2 aromatic carbocycles. The van der Waals surface area contributed by atoms with Crippen molar-refractivity contribution < 1.29 is 13.6 Å². The fourth-order valence-electron chi connectivity index (χ4n) is 1.88. The third-order valence-electron chi connectivity index (χ3n) is 2.94. The highest BCUT2D eigenvalue weighted by Gasteiger charge is 2.19. The molecule has 0 spiro atoms. The Labute approximate surface area is 115 Å². The molecule has 0 saturated heterocycles. The van der Waals surface area contributed by atoms with Crippen LogP contribution in [0, 0.1) is 11.6 Å². The van der Waals surface area contributed by atoms with E-state index >= 15 is 0 Å². The monoisotopic (exact) mass is 276 g/mol. The first-order chi connectivity index (χ1) is 9.61. The molecule has 1 atom stereocenters. The van der Waals surface area contributed by atoms with Gasteiger partial charge >= 0.3 is 0 Å². The number of amides is 1. The second-order valence-corrected chi connectivity index (χ2v) is 4.32. The van der Waals surface area contributed by atoms with Gasteiger partial charge in [-0.3, -0.25) is 4.79 Å². The fraction of sp³-hybridized carbons (Fsp3) is 0.133. The SMILES string of the molecule is NCC(C(=O)Nc1ccc(F)c(F)c1)c1ccccc1. The maximum Gasteiger partial charge on any atom is 0.233 e. The van der Waals surface area contributed by atoms with Gasteiger partial charge in [0.2, 0.25) is 5.91 Å². The van der Waals surface area contributed by atoms with Gasteiger partial charge in [-0.15, -0.1) is 0 Å². The van der Waals surface area contributed by atoms with Crippen molar-refractivity contribution in [2.75, 3.05) is 11.9 Å². The summed E-state index contributed by atoms with van der Waals surface area (Å²) in [5.74, 6) is -2.86. The average molecular weight is 276 g/mol. The van der Waals surface area contributed by atoms with Crippen LogP contribution >= 0.6 is 0 Å². The number of nitrogens with one attached hydrogen (secondary N) is 1. The number of hydrogen-bond acceptors (Lipinski definition) is 2. The molecule has 0 fully saturated rings. The van der Waals surface area contributed by atoms with E-state index in [2.05, 4.69) is 5.32 Å². The van der Waals surface area contributed by atoms with Gasteiger partial charge in [0.05, 0.1) is 5.92 Å². The highest BCUT2D eigenvalue weighted by molar-refractivity contribution is 5.96. The molecular weight excluding hydrogens is 262 g/mol. The minimum Gasteiger partial charge on any atom is -0.329 e. The predicted molar refractivity (Wildman–Crippen MR) is 73.2 cm³/mol. The quantitative estimate of drug-likeness (QED) is 0.902. The van der Waals surface area contributed by atoms with Crippen molar-refractivity contribution in [3.63, 3.8) is 0 Å². The van der Waals surface area contributed by atoms with Crippen molar-refractivity contribution in [3.05, 3.63) is 65.7 Å². The number of halogens is 2. The molecule has 5 heteroatoms. The van der Waals surface area contributed by atoms with Crippen LogP contribution in [0.25, 0.3) is 0 Å². The molecule has 20 heavy (non-hydrogen) atoms. The third kappa shape index (κ3) is 3.19. The number of benzene rings is 2. The van der Waals surface area contributed by atoms with E-state index in [0.717, 1.165) is 17.7 Å². The Morgan fingerprint density at radius 1 is 1.10 bits per heavy atom. The molecule has 2 aromatic rings. The Morgan fingerprint density at radius 3 is 2.40 bits per heavy atom. The summed E-state index contributed by atoms with van der Waals surface area (Å²) < 4.78 is 25.9. The summed E-state index contributed by atoms with van der Waals surface area (Å²) >= 11 is 0. The molecule has 104 valence electrons. The molecule has 0 aromatic heterocycles. The molecule has 1 amide bonds. The van der Waals surface area contributed by atoms with Crippen molar-refractivity contribution in [2.45, 2.75) is 5.92 Å². The largest absolute Gasteiger partial charge is 0.329 e. The number of carbonyl (C=O) groups excluding carboxylic acids is 1. The highest BCUT2D eigenvalue weighted by Crippen LogP contribution is 2.18. The summed E-state index contributed by atoms with van der Waals surface area (Å²) in [5, 5.41) is 2.53. The van der Waals surface area contributed by atoms with Crippen molar-refractivity contribution in [2.24, 2.45) is 5.73 Å². The number of carbonyl (C=O) groups is 1. The first kappa shape index (κ1) is 14.1. The van der Waals surface area contributed by atoms with E-state index in [0.29, 0.717) is 0 Å². The lowest BCUT2D eigenvalue weighted by molar-refractivity contribution is -0.117. The lowest BCUT2D eigenvalue weighted by atomic mass is 9.98. The molecular formula is C15H14F2N2O. The van der Waals surface area contributed by atoms with Crippen LogP contribution in [0.2, 0.25) is 0 Å². The summed E-state index contributed by atoms with van der Waals surface area (Å²) in [5.41, 5.74) is 6.59. The number of anilines is 1. The lowest BCUT2D eigenvalue weighted by Gasteiger charge is -2.15. The minimum absolute atomic E-state index is 0.125. The molecule has 0 aliphatic heterocycles. The topological polar surface area (TPSA) is 55.1 Å². The maximum atomic E-state index is 13.1. The Balaban J connectivity index is 2.15. The first-order valence-corrected chi connectivity index (χ1v) is 6.12. The van der Waals surface area contributed by atoms with E-state index in [1.165, 1.54) is 6.07 Å². The first-order valence-electron chi connectivity index (χ1n) is 6.12. The van der Waals surface area contributed by atoms with Gasteiger partial charge in [-0.1, -0.05) is 30.3 Å². The summed E-state index contributed by atoms with van der Waals surface area (Å²) in [6.45, 7) is 0.125. The van der Waals surface area contributed by atoms with Gasteiger partial charge in [-0.25, -0.2) is 8.78 Å². The fourth-order valence-corrected chi connectivity index (χ4v) is 1.88. The number of nitrogens with two attached hydrogens (primary N) is 1. The average Bonchev–Trinajstić information content (AvgIpc) is 2.45. The standard InChI is InChI=1S/C15H14F2N2O/c16-13-7-6-11(8-14(13)17)19-15(20)12(9-18)10-4-2-1-3-5-10/h1-8,12H,9,18H2,(H,19,20). The third-order valence-corrected chi connectivity index (χ3v) is 2.94. The Bertz CT molecular complexity index is 602. The van der Waals surface area contributed by atoms with Crippen LogP contribution in [0.5, 0.6) is 0 Å². The molecule has 0 aliphatic rings. The molecule has 0 saturated carbocycles. The van der Waals surface area contributed by atoms with E-state index in [9.17, 15) is 13.6 Å². The van der Waals surface area contributed by atoms with Crippen LogP contribution < -0.4 is 11.1 Å². The van der Waals surface area contributed by atoms with Crippen LogP contribution in [0.1, 0.15) is 11.5 Å². The van der Waals surface area contributed by atoms with Gasteiger partial charge in [0.15, 0.2) is 11.6 Å². The molecule has 0 heterocycles. The summed E-state index contributed by atoms with van der Waals surface area (Å²) in [6, 6.07) is 12.2. The van der Waals surface area contributed by atoms with E-state index < -0.39 is 17.6 Å². The summed E-state index contributed by atoms with van der Waals surface area (Å²) in [7, 11) is 0. The number of rotatable bonds is 4. The minimum atomic E-state index is -1.01. The Morgan fingerprint density at radius 2 is 1.80 bits per heavy atom. The van der Waals surface area contributed by atoms with Gasteiger partial charge in [0.25, 0.3) is 0 Å². The molecule has 3 N–H and O–H groups in total. The van der Waals surface area contributed by atoms with Crippen molar-refractivity contribution >= 4 is 11.6 Å². The van der Waals surface area contributed by atoms with Crippen molar-refractivity contribution in [3.8, 4) is 0 Å². The maximum absolute atomic E-state index is 13.1. The van der Waals surface area contributed by atoms with Crippen LogP contribution in [0.4, 0.5) is 14.5 Å². The van der Waals surface area contributed by atoms with Gasteiger partial charge in [0, 0.05) is 18.3 Å².